The predicted molar refractivity (Wildman–Crippen MR) is 101 cm³/mol. The van der Waals surface area contributed by atoms with Crippen molar-refractivity contribution >= 4 is 13.9 Å². The molecular formula is C21H27P. The van der Waals surface area contributed by atoms with E-state index in [2.05, 4.69) is 57.2 Å². The van der Waals surface area contributed by atoms with Crippen LogP contribution in [-0.2, 0) is 12.8 Å². The Morgan fingerprint density at radius 3 is 2.45 bits per heavy atom. The van der Waals surface area contributed by atoms with Crippen LogP contribution in [0.25, 0.3) is 11.1 Å². The molecule has 0 spiro atoms. The third-order valence-electron chi connectivity index (χ3n) is 4.68. The Bertz CT molecular complexity index is 657. The molecule has 1 aliphatic heterocycles. The summed E-state index contributed by atoms with van der Waals surface area (Å²) in [5, 5.41) is 1.57. The Morgan fingerprint density at radius 2 is 1.73 bits per heavy atom. The summed E-state index contributed by atoms with van der Waals surface area (Å²) in [6.45, 7) is 6.93. The molecule has 2 aromatic carbocycles. The van der Waals surface area contributed by atoms with Gasteiger partial charge in [-0.25, -0.2) is 0 Å². The highest BCUT2D eigenvalue weighted by molar-refractivity contribution is 7.48. The van der Waals surface area contributed by atoms with Crippen LogP contribution in [0.1, 0.15) is 62.4 Å². The van der Waals surface area contributed by atoms with Crippen LogP contribution in [-0.4, -0.2) is 0 Å². The van der Waals surface area contributed by atoms with Crippen LogP contribution in [0.3, 0.4) is 0 Å². The molecule has 1 heteroatoms. The van der Waals surface area contributed by atoms with E-state index < -0.39 is 0 Å². The van der Waals surface area contributed by atoms with Crippen LogP contribution < -0.4 is 5.30 Å². The fourth-order valence-electron chi connectivity index (χ4n) is 3.71. The molecule has 2 aromatic rings. The van der Waals surface area contributed by atoms with E-state index in [0.717, 1.165) is 14.2 Å². The third-order valence-corrected chi connectivity index (χ3v) is 6.49. The Kier molecular flexibility index (Phi) is 4.99. The third kappa shape index (κ3) is 2.86. The monoisotopic (exact) mass is 310 g/mol. The number of aryl methyl sites for hydroxylation is 2. The van der Waals surface area contributed by atoms with Gasteiger partial charge in [0.2, 0.25) is 0 Å². The number of fused-ring (bicyclic) bond motifs is 3. The van der Waals surface area contributed by atoms with Crippen molar-refractivity contribution in [2.45, 2.75) is 58.5 Å². The first kappa shape index (κ1) is 15.8. The molecule has 0 saturated heterocycles. The van der Waals surface area contributed by atoms with Crippen molar-refractivity contribution in [2.24, 2.45) is 0 Å². The first-order valence-electron chi connectivity index (χ1n) is 8.80. The minimum Gasteiger partial charge on any atom is -0.0820 e. The van der Waals surface area contributed by atoms with E-state index in [1.165, 1.54) is 37.7 Å². The number of rotatable bonds is 5. The zero-order chi connectivity index (χ0) is 15.5. The quantitative estimate of drug-likeness (QED) is 0.592. The van der Waals surface area contributed by atoms with Gasteiger partial charge in [-0.2, -0.15) is 0 Å². The molecule has 116 valence electrons. The first-order valence-corrected chi connectivity index (χ1v) is 9.87. The second kappa shape index (κ2) is 6.97. The molecule has 3 rings (SSSR count). The zero-order valence-corrected chi connectivity index (χ0v) is 15.1. The minimum absolute atomic E-state index is 0.720. The van der Waals surface area contributed by atoms with Crippen molar-refractivity contribution in [1.82, 2.24) is 0 Å². The summed E-state index contributed by atoms with van der Waals surface area (Å²) in [4.78, 5) is 0. The largest absolute Gasteiger partial charge is 0.0820 e. The molecule has 2 unspecified atom stereocenters. The van der Waals surface area contributed by atoms with E-state index in [1.54, 1.807) is 27.6 Å². The maximum absolute atomic E-state index is 2.52. The van der Waals surface area contributed by atoms with Crippen molar-refractivity contribution in [2.75, 3.05) is 0 Å². The lowest BCUT2D eigenvalue weighted by atomic mass is 9.87. The summed E-state index contributed by atoms with van der Waals surface area (Å²) >= 11 is 0. The Hall–Kier alpha value is -1.13. The normalized spacial score (nSPS) is 17.3. The molecule has 1 aliphatic rings. The van der Waals surface area contributed by atoms with Gasteiger partial charge in [-0.15, -0.1) is 0 Å². The van der Waals surface area contributed by atoms with Crippen LogP contribution in [0.5, 0.6) is 0 Å². The number of hydrogen-bond donors (Lipinski definition) is 0. The lowest BCUT2D eigenvalue weighted by molar-refractivity contribution is 0.859. The molecule has 0 fully saturated rings. The molecule has 1 heterocycles. The van der Waals surface area contributed by atoms with Crippen LogP contribution in [0.4, 0.5) is 0 Å². The topological polar surface area (TPSA) is 0 Å². The van der Waals surface area contributed by atoms with Crippen LogP contribution in [0.15, 0.2) is 36.4 Å². The van der Waals surface area contributed by atoms with Gasteiger partial charge in [-0.1, -0.05) is 78.6 Å². The Morgan fingerprint density at radius 1 is 0.955 bits per heavy atom. The molecule has 0 radical (unpaired) electrons. The van der Waals surface area contributed by atoms with Crippen molar-refractivity contribution in [1.29, 1.82) is 0 Å². The maximum Gasteiger partial charge on any atom is 0.00586 e. The highest BCUT2D eigenvalue weighted by Gasteiger charge is 2.25. The number of hydrogen-bond acceptors (Lipinski definition) is 0. The maximum atomic E-state index is 2.52. The van der Waals surface area contributed by atoms with Crippen molar-refractivity contribution in [3.8, 4) is 11.1 Å². The Balaban J connectivity index is 2.22. The molecular weight excluding hydrogens is 283 g/mol. The molecule has 0 amide bonds. The smallest absolute Gasteiger partial charge is 0.00586 e. The molecule has 0 aliphatic carbocycles. The van der Waals surface area contributed by atoms with Gasteiger partial charge < -0.3 is 0 Å². The molecule has 0 nitrogen and oxygen atoms in total. The molecule has 0 bridgehead atoms. The summed E-state index contributed by atoms with van der Waals surface area (Å²) in [5.74, 6) is 0. The number of benzene rings is 2. The second-order valence-electron chi connectivity index (χ2n) is 6.37. The van der Waals surface area contributed by atoms with Crippen LogP contribution in [0.2, 0.25) is 0 Å². The zero-order valence-electron chi connectivity index (χ0n) is 14.1. The van der Waals surface area contributed by atoms with E-state index in [-0.39, 0.29) is 0 Å². The average molecular weight is 310 g/mol. The van der Waals surface area contributed by atoms with Crippen LogP contribution >= 0.6 is 8.58 Å². The second-order valence-corrected chi connectivity index (χ2v) is 7.89. The standard InChI is InChI=1S/C21H27P/c1-4-9-15-13-16(10-5-2)21-17-11-7-8-12-20(17)22-19(6-3)18(21)14-15/h7-8,11-14,19,22H,4-6,9-10H2,1-3H3. The fourth-order valence-corrected chi connectivity index (χ4v) is 5.23. The van der Waals surface area contributed by atoms with Gasteiger partial charge in [0.15, 0.2) is 0 Å². The highest BCUT2D eigenvalue weighted by atomic mass is 31.1. The summed E-state index contributed by atoms with van der Waals surface area (Å²) in [7, 11) is 0.928. The summed E-state index contributed by atoms with van der Waals surface area (Å²) in [6, 6.07) is 14.1. The van der Waals surface area contributed by atoms with Gasteiger partial charge in [0.25, 0.3) is 0 Å². The van der Waals surface area contributed by atoms with E-state index >= 15 is 0 Å². The van der Waals surface area contributed by atoms with Gasteiger partial charge in [0.1, 0.15) is 0 Å². The van der Waals surface area contributed by atoms with Gasteiger partial charge in [0.05, 0.1) is 0 Å². The molecule has 2 atom stereocenters. The van der Waals surface area contributed by atoms with E-state index in [9.17, 15) is 0 Å². The predicted octanol–water partition coefficient (Wildman–Crippen LogP) is 6.03. The fraction of sp³-hybridized carbons (Fsp3) is 0.429. The van der Waals surface area contributed by atoms with Crippen molar-refractivity contribution in [3.63, 3.8) is 0 Å². The average Bonchev–Trinajstić information content (AvgIpc) is 2.54. The molecule has 0 saturated carbocycles. The lowest BCUT2D eigenvalue weighted by Crippen LogP contribution is -2.14. The SMILES string of the molecule is CCCc1cc(CCC)c2c(c1)C(CC)Pc1ccccc1-2. The van der Waals surface area contributed by atoms with Gasteiger partial charge >= 0.3 is 0 Å². The van der Waals surface area contributed by atoms with Crippen molar-refractivity contribution < 1.29 is 0 Å². The van der Waals surface area contributed by atoms with E-state index in [0.29, 0.717) is 0 Å². The molecule has 22 heavy (non-hydrogen) atoms. The van der Waals surface area contributed by atoms with Gasteiger partial charge in [-0.05, 0) is 52.4 Å². The van der Waals surface area contributed by atoms with E-state index in [1.807, 2.05) is 0 Å². The highest BCUT2D eigenvalue weighted by Crippen LogP contribution is 2.49. The molecule has 0 N–H and O–H groups in total. The molecule has 0 aromatic heterocycles. The summed E-state index contributed by atoms with van der Waals surface area (Å²) in [5.41, 5.74) is 8.56. The van der Waals surface area contributed by atoms with Crippen molar-refractivity contribution in [3.05, 3.63) is 53.1 Å². The van der Waals surface area contributed by atoms with Gasteiger partial charge in [0, 0.05) is 5.66 Å². The summed E-state index contributed by atoms with van der Waals surface area (Å²) in [6.07, 6.45) is 6.13. The first-order chi connectivity index (χ1) is 10.8. The lowest BCUT2D eigenvalue weighted by Gasteiger charge is -2.30. The van der Waals surface area contributed by atoms with Gasteiger partial charge in [-0.3, -0.25) is 0 Å². The van der Waals surface area contributed by atoms with Crippen LogP contribution in [0, 0.1) is 0 Å². The Labute approximate surface area is 137 Å². The minimum atomic E-state index is 0.720. The summed E-state index contributed by atoms with van der Waals surface area (Å²) < 4.78 is 0. The van der Waals surface area contributed by atoms with E-state index in [4.69, 9.17) is 0 Å².